The van der Waals surface area contributed by atoms with Gasteiger partial charge in [-0.3, -0.25) is 0 Å². The second-order valence-electron chi connectivity index (χ2n) is 8.98. The zero-order valence-corrected chi connectivity index (χ0v) is 18.2. The van der Waals surface area contributed by atoms with Gasteiger partial charge in [0.25, 0.3) is 0 Å². The van der Waals surface area contributed by atoms with E-state index in [1.807, 2.05) is 0 Å². The largest absolute Gasteiger partial charge is 0.359 e. The van der Waals surface area contributed by atoms with E-state index >= 15 is 0 Å². The van der Waals surface area contributed by atoms with E-state index < -0.39 is 7.92 Å². The Hall–Kier alpha value is -0.820. The van der Waals surface area contributed by atoms with Crippen LogP contribution < -0.4 is 10.6 Å². The van der Waals surface area contributed by atoms with E-state index in [9.17, 15) is 0 Å². The van der Waals surface area contributed by atoms with E-state index in [0.717, 1.165) is 5.92 Å². The van der Waals surface area contributed by atoms with Crippen molar-refractivity contribution < 1.29 is 4.74 Å². The summed E-state index contributed by atoms with van der Waals surface area (Å²) in [4.78, 5) is 0. The molecule has 0 radical (unpaired) electrons. The van der Waals surface area contributed by atoms with Crippen molar-refractivity contribution in [2.75, 3.05) is 0 Å². The van der Waals surface area contributed by atoms with Gasteiger partial charge >= 0.3 is 0 Å². The van der Waals surface area contributed by atoms with Crippen LogP contribution in [0.4, 0.5) is 0 Å². The number of fused-ring (bicyclic) bond motifs is 1. The average molecular weight is 397 g/mol. The summed E-state index contributed by atoms with van der Waals surface area (Å²) in [6.07, 6.45) is 4.45. The van der Waals surface area contributed by atoms with Gasteiger partial charge in [0.15, 0.2) is 0 Å². The lowest BCUT2D eigenvalue weighted by atomic mass is 9.66. The summed E-state index contributed by atoms with van der Waals surface area (Å²) >= 11 is 2.12. The summed E-state index contributed by atoms with van der Waals surface area (Å²) in [5, 5.41) is 3.77. The molecule has 5 rings (SSSR count). The smallest absolute Gasteiger partial charge is 0.130 e. The Labute approximate surface area is 169 Å². The van der Waals surface area contributed by atoms with Crippen LogP contribution in [0.1, 0.15) is 40.0 Å². The molecule has 1 nitrogen and oxygen atoms in total. The maximum atomic E-state index is 7.00. The van der Waals surface area contributed by atoms with Gasteiger partial charge < -0.3 is 4.74 Å². The first-order chi connectivity index (χ1) is 13.0. The molecule has 1 aliphatic heterocycles. The second kappa shape index (κ2) is 6.61. The molecule has 0 amide bonds. The van der Waals surface area contributed by atoms with Crippen LogP contribution in [0.15, 0.2) is 60.7 Å². The number of rotatable bonds is 3. The van der Waals surface area contributed by atoms with E-state index in [2.05, 4.69) is 93.2 Å². The molecule has 27 heavy (non-hydrogen) atoms. The maximum Gasteiger partial charge on any atom is 0.130 e. The molecular weight excluding hydrogens is 367 g/mol. The molecule has 5 atom stereocenters. The molecule has 2 aliphatic carbocycles. The van der Waals surface area contributed by atoms with Gasteiger partial charge in [-0.15, -0.1) is 11.8 Å². The Morgan fingerprint density at radius 1 is 0.963 bits per heavy atom. The lowest BCUT2D eigenvalue weighted by Crippen LogP contribution is -2.52. The van der Waals surface area contributed by atoms with Gasteiger partial charge in [-0.25, -0.2) is 0 Å². The standard InChI is InChI=1S/C24H29OPS/c1-17-24-15-14-18(23(24,2)3)16-21(24)25-22(27-17)26(19-10-6-4-7-11-19)20-12-8-5-9-13-20/h4-13,17-18,21-22H,14-16H2,1-3H3/t17-,18?,21?,22?,24?/m0/s1. The Morgan fingerprint density at radius 2 is 1.56 bits per heavy atom. The molecular formula is C24H29OPS. The molecule has 2 saturated carbocycles. The summed E-state index contributed by atoms with van der Waals surface area (Å²) in [7, 11) is -0.522. The van der Waals surface area contributed by atoms with Gasteiger partial charge in [0.1, 0.15) is 5.18 Å². The Kier molecular flexibility index (Phi) is 4.46. The first-order valence-corrected chi connectivity index (χ1v) is 12.6. The SMILES string of the molecule is C[C@@H]1SC(P(c2ccccc2)c2ccccc2)OC2CC3CCC21C3(C)C. The summed E-state index contributed by atoms with van der Waals surface area (Å²) < 4.78 is 7.00. The highest BCUT2D eigenvalue weighted by Crippen LogP contribution is 2.73. The molecule has 1 heterocycles. The number of hydrogen-bond donors (Lipinski definition) is 0. The fourth-order valence-corrected chi connectivity index (χ4v) is 11.4. The van der Waals surface area contributed by atoms with E-state index in [1.165, 1.54) is 29.9 Å². The van der Waals surface area contributed by atoms with Crippen molar-refractivity contribution in [1.29, 1.82) is 0 Å². The Morgan fingerprint density at radius 3 is 2.11 bits per heavy atom. The average Bonchev–Trinajstić information content (AvgIpc) is 3.06. The molecule has 1 saturated heterocycles. The zero-order chi connectivity index (χ0) is 18.6. The van der Waals surface area contributed by atoms with Crippen LogP contribution in [0.5, 0.6) is 0 Å². The summed E-state index contributed by atoms with van der Waals surface area (Å²) in [5.41, 5.74) is 0.782. The normalized spacial score (nSPS) is 36.7. The van der Waals surface area contributed by atoms with Crippen LogP contribution in [-0.4, -0.2) is 16.5 Å². The second-order valence-corrected chi connectivity index (χ2v) is 13.0. The van der Waals surface area contributed by atoms with Gasteiger partial charge in [-0.2, -0.15) is 0 Å². The molecule has 2 aromatic rings. The van der Waals surface area contributed by atoms with Crippen molar-refractivity contribution in [2.45, 2.75) is 56.6 Å². The lowest BCUT2D eigenvalue weighted by Gasteiger charge is -2.52. The number of hydrogen-bond acceptors (Lipinski definition) is 2. The van der Waals surface area contributed by atoms with Crippen LogP contribution in [0, 0.1) is 16.7 Å². The highest BCUT2D eigenvalue weighted by Gasteiger charge is 2.69. The van der Waals surface area contributed by atoms with Crippen molar-refractivity contribution in [3.05, 3.63) is 60.7 Å². The van der Waals surface area contributed by atoms with E-state index in [4.69, 9.17) is 4.74 Å². The molecule has 0 N–H and O–H groups in total. The van der Waals surface area contributed by atoms with Gasteiger partial charge in [0.05, 0.1) is 6.10 Å². The van der Waals surface area contributed by atoms with E-state index in [0.29, 0.717) is 22.2 Å². The minimum absolute atomic E-state index is 0.255. The topological polar surface area (TPSA) is 9.23 Å². The first-order valence-electron chi connectivity index (χ1n) is 10.2. The molecule has 2 bridgehead atoms. The van der Waals surface area contributed by atoms with Crippen molar-refractivity contribution in [3.8, 4) is 0 Å². The van der Waals surface area contributed by atoms with Crippen LogP contribution in [-0.2, 0) is 4.74 Å². The minimum Gasteiger partial charge on any atom is -0.359 e. The van der Waals surface area contributed by atoms with E-state index in [-0.39, 0.29) is 5.18 Å². The summed E-state index contributed by atoms with van der Waals surface area (Å²) in [6, 6.07) is 22.1. The van der Waals surface area contributed by atoms with Crippen molar-refractivity contribution in [1.82, 2.24) is 0 Å². The molecule has 0 aromatic heterocycles. The zero-order valence-electron chi connectivity index (χ0n) is 16.5. The molecule has 1 spiro atoms. The van der Waals surface area contributed by atoms with Gasteiger partial charge in [-0.05, 0) is 49.1 Å². The third kappa shape index (κ3) is 2.60. The molecule has 3 fully saturated rings. The lowest BCUT2D eigenvalue weighted by molar-refractivity contribution is -0.0586. The fraction of sp³-hybridized carbons (Fsp3) is 0.500. The molecule has 3 aliphatic rings. The van der Waals surface area contributed by atoms with Crippen LogP contribution in [0.25, 0.3) is 0 Å². The quantitative estimate of drug-likeness (QED) is 0.611. The van der Waals surface area contributed by atoms with E-state index in [1.54, 1.807) is 0 Å². The van der Waals surface area contributed by atoms with Gasteiger partial charge in [-0.1, -0.05) is 81.4 Å². The highest BCUT2D eigenvalue weighted by molar-refractivity contribution is 8.08. The van der Waals surface area contributed by atoms with Crippen LogP contribution in [0.2, 0.25) is 0 Å². The Bertz CT molecular complexity index is 768. The molecule has 4 unspecified atom stereocenters. The fourth-order valence-electron chi connectivity index (χ4n) is 6.26. The first kappa shape index (κ1) is 18.2. The van der Waals surface area contributed by atoms with Crippen LogP contribution >= 0.6 is 19.7 Å². The predicted octanol–water partition coefficient (Wildman–Crippen LogP) is 5.75. The number of thioether (sulfide) groups is 1. The number of ether oxygens (including phenoxy) is 1. The third-order valence-corrected chi connectivity index (χ3v) is 12.2. The third-order valence-electron chi connectivity index (χ3n) is 7.81. The minimum atomic E-state index is -0.522. The molecule has 142 valence electrons. The van der Waals surface area contributed by atoms with Crippen molar-refractivity contribution in [2.24, 2.45) is 16.7 Å². The number of benzene rings is 2. The van der Waals surface area contributed by atoms with Gasteiger partial charge in [0.2, 0.25) is 0 Å². The highest BCUT2D eigenvalue weighted by atomic mass is 32.2. The van der Waals surface area contributed by atoms with Crippen LogP contribution in [0.3, 0.4) is 0 Å². The molecule has 3 heteroatoms. The molecule has 2 aromatic carbocycles. The maximum absolute atomic E-state index is 7.00. The van der Waals surface area contributed by atoms with Crippen molar-refractivity contribution >= 4 is 30.3 Å². The van der Waals surface area contributed by atoms with Crippen molar-refractivity contribution in [3.63, 3.8) is 0 Å². The van der Waals surface area contributed by atoms with Gasteiger partial charge in [0, 0.05) is 10.7 Å². The monoisotopic (exact) mass is 396 g/mol. The summed E-state index contributed by atoms with van der Waals surface area (Å²) in [6.45, 7) is 7.53. The Balaban J connectivity index is 1.52. The predicted molar refractivity (Wildman–Crippen MR) is 118 cm³/mol. The summed E-state index contributed by atoms with van der Waals surface area (Å²) in [5.74, 6) is 0.837.